The van der Waals surface area contributed by atoms with Crippen molar-refractivity contribution in [2.45, 2.75) is 78.1 Å². The van der Waals surface area contributed by atoms with Gasteiger partial charge < -0.3 is 9.80 Å². The summed E-state index contributed by atoms with van der Waals surface area (Å²) in [4.78, 5) is 30.4. The minimum absolute atomic E-state index is 0.278. The third-order valence-corrected chi connectivity index (χ3v) is 8.95. The van der Waals surface area contributed by atoms with E-state index in [1.54, 1.807) is 0 Å². The molecule has 1 aliphatic heterocycles. The fourth-order valence-electron chi connectivity index (χ4n) is 5.54. The minimum Gasteiger partial charge on any atom is -0.352 e. The molecule has 168 valence electrons. The van der Waals surface area contributed by atoms with Gasteiger partial charge in [0.15, 0.2) is 0 Å². The van der Waals surface area contributed by atoms with Crippen molar-refractivity contribution < 1.29 is 4.79 Å². The van der Waals surface area contributed by atoms with Crippen LogP contribution in [0.3, 0.4) is 0 Å². The van der Waals surface area contributed by atoms with E-state index in [-0.39, 0.29) is 5.92 Å². The lowest BCUT2D eigenvalue weighted by Gasteiger charge is -2.37. The highest BCUT2D eigenvalue weighted by molar-refractivity contribution is 7.19. The highest BCUT2D eigenvalue weighted by Crippen LogP contribution is 2.42. The van der Waals surface area contributed by atoms with Crippen LogP contribution in [0.5, 0.6) is 0 Å². The Labute approximate surface area is 190 Å². The molecule has 2 aromatic heterocycles. The number of hydrogen-bond acceptors (Lipinski definition) is 5. The fourth-order valence-corrected chi connectivity index (χ4v) is 6.92. The van der Waals surface area contributed by atoms with Crippen LogP contribution >= 0.6 is 11.3 Å². The number of hydrogen-bond donors (Lipinski definition) is 0. The Kier molecular flexibility index (Phi) is 5.93. The van der Waals surface area contributed by atoms with Crippen LogP contribution in [-0.2, 0) is 17.6 Å². The summed E-state index contributed by atoms with van der Waals surface area (Å²) in [5.74, 6) is 3.93. The maximum absolute atomic E-state index is 12.9. The van der Waals surface area contributed by atoms with Crippen LogP contribution in [0.4, 0.5) is 5.82 Å². The largest absolute Gasteiger partial charge is 0.352 e. The van der Waals surface area contributed by atoms with Crippen molar-refractivity contribution in [3.63, 3.8) is 0 Å². The Balaban J connectivity index is 1.45. The minimum atomic E-state index is 0.278. The first-order valence-corrected chi connectivity index (χ1v) is 13.2. The maximum Gasteiger partial charge on any atom is 0.225 e. The van der Waals surface area contributed by atoms with Gasteiger partial charge >= 0.3 is 0 Å². The molecule has 2 aliphatic carbocycles. The molecule has 5 nitrogen and oxygen atoms in total. The van der Waals surface area contributed by atoms with Gasteiger partial charge in [0, 0.05) is 42.9 Å². The second kappa shape index (κ2) is 8.68. The van der Waals surface area contributed by atoms with Crippen molar-refractivity contribution in [2.75, 3.05) is 31.1 Å². The van der Waals surface area contributed by atoms with Gasteiger partial charge in [0.2, 0.25) is 5.91 Å². The van der Waals surface area contributed by atoms with Gasteiger partial charge in [-0.25, -0.2) is 9.97 Å². The summed E-state index contributed by atoms with van der Waals surface area (Å²) >= 11 is 1.90. The zero-order valence-corrected chi connectivity index (χ0v) is 20.1. The summed E-state index contributed by atoms with van der Waals surface area (Å²) in [6, 6.07) is 0. The Hall–Kier alpha value is -1.69. The number of anilines is 1. The summed E-state index contributed by atoms with van der Waals surface area (Å²) in [5, 5.41) is 1.31. The molecule has 0 radical (unpaired) electrons. The average Bonchev–Trinajstić information content (AvgIpc) is 3.45. The summed E-state index contributed by atoms with van der Waals surface area (Å²) in [5.41, 5.74) is 1.51. The highest BCUT2D eigenvalue weighted by Gasteiger charge is 2.32. The average molecular weight is 441 g/mol. The molecule has 5 rings (SSSR count). The molecule has 1 saturated carbocycles. The molecule has 1 amide bonds. The number of amides is 1. The molecule has 6 heteroatoms. The van der Waals surface area contributed by atoms with E-state index in [2.05, 4.69) is 30.6 Å². The molecule has 2 atom stereocenters. The number of nitrogens with zero attached hydrogens (tertiary/aromatic N) is 4. The Morgan fingerprint density at radius 1 is 1.13 bits per heavy atom. The van der Waals surface area contributed by atoms with Gasteiger partial charge in [-0.2, -0.15) is 0 Å². The number of rotatable bonds is 4. The topological polar surface area (TPSA) is 49.3 Å². The number of aromatic nitrogens is 2. The van der Waals surface area contributed by atoms with Crippen LogP contribution in [0.25, 0.3) is 10.2 Å². The molecule has 3 aliphatic rings. The molecular weight excluding hydrogens is 404 g/mol. The first-order valence-electron chi connectivity index (χ1n) is 12.4. The SMILES string of the molecule is CC[C@H](C)c1nc(N2CCN(C(=O)C3CCCC3)CC2)c2c3c(sc2n1)C[C@@H](C)CC3. The first-order chi connectivity index (χ1) is 15.0. The Morgan fingerprint density at radius 3 is 2.58 bits per heavy atom. The monoisotopic (exact) mass is 440 g/mol. The standard InChI is InChI=1S/C25H36N4OS/c1-4-17(3)22-26-23(21-19-10-9-16(2)15-20(19)31-24(21)27-22)28-11-13-29(14-12-28)25(30)18-7-5-6-8-18/h16-18H,4-15H2,1-3H3/t16-,17-/m0/s1. The molecule has 0 aromatic carbocycles. The van der Waals surface area contributed by atoms with Crippen LogP contribution in [0, 0.1) is 11.8 Å². The lowest BCUT2D eigenvalue weighted by atomic mass is 9.89. The molecule has 31 heavy (non-hydrogen) atoms. The molecule has 2 aromatic rings. The highest BCUT2D eigenvalue weighted by atomic mass is 32.1. The van der Waals surface area contributed by atoms with Crippen molar-refractivity contribution in [3.8, 4) is 0 Å². The third kappa shape index (κ3) is 3.96. The predicted molar refractivity (Wildman–Crippen MR) is 128 cm³/mol. The lowest BCUT2D eigenvalue weighted by Crippen LogP contribution is -2.50. The number of piperazine rings is 1. The van der Waals surface area contributed by atoms with Crippen LogP contribution < -0.4 is 4.90 Å². The quantitative estimate of drug-likeness (QED) is 0.658. The Morgan fingerprint density at radius 2 is 1.87 bits per heavy atom. The lowest BCUT2D eigenvalue weighted by molar-refractivity contribution is -0.135. The van der Waals surface area contributed by atoms with Gasteiger partial charge in [0.05, 0.1) is 5.39 Å². The molecule has 0 spiro atoms. The third-order valence-electron chi connectivity index (χ3n) is 7.80. The summed E-state index contributed by atoms with van der Waals surface area (Å²) in [6.45, 7) is 10.2. The molecular formula is C25H36N4OS. The first kappa shape index (κ1) is 21.2. The van der Waals surface area contributed by atoms with E-state index in [0.717, 1.165) is 69.4 Å². The van der Waals surface area contributed by atoms with Crippen molar-refractivity contribution in [1.82, 2.24) is 14.9 Å². The van der Waals surface area contributed by atoms with E-state index in [1.165, 1.54) is 46.3 Å². The van der Waals surface area contributed by atoms with Crippen molar-refractivity contribution in [2.24, 2.45) is 11.8 Å². The molecule has 0 bridgehead atoms. The van der Waals surface area contributed by atoms with Gasteiger partial charge in [-0.05, 0) is 50.0 Å². The summed E-state index contributed by atoms with van der Waals surface area (Å²) in [6.07, 6.45) is 9.25. The fraction of sp³-hybridized carbons (Fsp3) is 0.720. The van der Waals surface area contributed by atoms with E-state index in [1.807, 2.05) is 11.3 Å². The van der Waals surface area contributed by atoms with E-state index in [0.29, 0.717) is 11.8 Å². The number of carbonyl (C=O) groups is 1. The number of thiophene rings is 1. The van der Waals surface area contributed by atoms with Crippen LogP contribution in [0.1, 0.15) is 81.5 Å². The van der Waals surface area contributed by atoms with E-state index in [9.17, 15) is 4.79 Å². The normalized spacial score (nSPS) is 23.4. The van der Waals surface area contributed by atoms with Gasteiger partial charge in [-0.15, -0.1) is 11.3 Å². The zero-order chi connectivity index (χ0) is 21.5. The second-order valence-electron chi connectivity index (χ2n) is 10.0. The van der Waals surface area contributed by atoms with Crippen LogP contribution in [0.15, 0.2) is 0 Å². The number of fused-ring (bicyclic) bond motifs is 3. The second-order valence-corrected chi connectivity index (χ2v) is 11.1. The molecule has 1 saturated heterocycles. The van der Waals surface area contributed by atoms with Gasteiger partial charge in [0.25, 0.3) is 0 Å². The smallest absolute Gasteiger partial charge is 0.225 e. The van der Waals surface area contributed by atoms with Crippen molar-refractivity contribution in [1.29, 1.82) is 0 Å². The summed E-state index contributed by atoms with van der Waals surface area (Å²) in [7, 11) is 0. The zero-order valence-electron chi connectivity index (χ0n) is 19.3. The van der Waals surface area contributed by atoms with Gasteiger partial charge in [-0.1, -0.05) is 33.6 Å². The van der Waals surface area contributed by atoms with Crippen molar-refractivity contribution >= 4 is 33.3 Å². The number of aryl methyl sites for hydroxylation is 1. The van der Waals surface area contributed by atoms with E-state index >= 15 is 0 Å². The number of carbonyl (C=O) groups excluding carboxylic acids is 1. The molecule has 2 fully saturated rings. The summed E-state index contributed by atoms with van der Waals surface area (Å²) < 4.78 is 0. The maximum atomic E-state index is 12.9. The van der Waals surface area contributed by atoms with Crippen molar-refractivity contribution in [3.05, 3.63) is 16.3 Å². The molecule has 0 unspecified atom stereocenters. The molecule has 0 N–H and O–H groups in total. The van der Waals surface area contributed by atoms with Crippen LogP contribution in [0.2, 0.25) is 0 Å². The van der Waals surface area contributed by atoms with E-state index < -0.39 is 0 Å². The predicted octanol–water partition coefficient (Wildman–Crippen LogP) is 5.17. The van der Waals surface area contributed by atoms with Gasteiger partial charge in [-0.3, -0.25) is 4.79 Å². The molecule has 3 heterocycles. The Bertz CT molecular complexity index is 956. The van der Waals surface area contributed by atoms with E-state index in [4.69, 9.17) is 9.97 Å². The van der Waals surface area contributed by atoms with Gasteiger partial charge in [0.1, 0.15) is 16.5 Å². The van der Waals surface area contributed by atoms with Crippen LogP contribution in [-0.4, -0.2) is 47.0 Å².